The van der Waals surface area contributed by atoms with E-state index >= 15 is 0 Å². The highest BCUT2D eigenvalue weighted by Gasteiger charge is 2.17. The van der Waals surface area contributed by atoms with E-state index in [2.05, 4.69) is 4.99 Å². The van der Waals surface area contributed by atoms with Crippen molar-refractivity contribution < 1.29 is 14.9 Å². The van der Waals surface area contributed by atoms with Crippen molar-refractivity contribution in [3.63, 3.8) is 0 Å². The lowest BCUT2D eigenvalue weighted by molar-refractivity contribution is 0.268. The summed E-state index contributed by atoms with van der Waals surface area (Å²) in [4.78, 5) is 4.13. The number of amidine groups is 1. The van der Waals surface area contributed by atoms with Crippen molar-refractivity contribution in [1.29, 1.82) is 0 Å². The highest BCUT2D eigenvalue weighted by Crippen LogP contribution is 2.20. The molecule has 6 nitrogen and oxygen atoms in total. The van der Waals surface area contributed by atoms with Gasteiger partial charge in [-0.2, -0.15) is 0 Å². The zero-order valence-corrected chi connectivity index (χ0v) is 13.7. The van der Waals surface area contributed by atoms with Crippen LogP contribution in [0.1, 0.15) is 23.2 Å². The first-order chi connectivity index (χ1) is 11.7. The molecule has 0 amide bonds. The molecule has 0 aliphatic carbocycles. The van der Waals surface area contributed by atoms with E-state index in [0.29, 0.717) is 12.6 Å². The predicted molar refractivity (Wildman–Crippen MR) is 95.4 cm³/mol. The summed E-state index contributed by atoms with van der Waals surface area (Å²) in [6, 6.07) is 19.7. The Balaban J connectivity index is 0.000000221. The zero-order chi connectivity index (χ0) is 17.8. The lowest BCUT2D eigenvalue weighted by atomic mass is 10.1. The summed E-state index contributed by atoms with van der Waals surface area (Å²) in [5, 5.41) is 15.7. The molecule has 1 aliphatic heterocycles. The fraction of sp³-hybridized carbons (Fsp3) is 0.278. The molecule has 3 rings (SSSR count). The Hall–Kier alpha value is -2.41. The number of nitrogens with zero attached hydrogens (tertiary/aromatic N) is 1. The topological polar surface area (TPSA) is 114 Å². The van der Waals surface area contributed by atoms with Crippen molar-refractivity contribution in [2.75, 3.05) is 20.3 Å². The molecule has 0 radical (unpaired) electrons. The van der Waals surface area contributed by atoms with Gasteiger partial charge in [0.15, 0.2) is 0 Å². The van der Waals surface area contributed by atoms with Crippen molar-refractivity contribution >= 4 is 6.02 Å². The van der Waals surface area contributed by atoms with Gasteiger partial charge in [0, 0.05) is 7.11 Å². The van der Waals surface area contributed by atoms with Crippen LogP contribution in [0.3, 0.4) is 0 Å². The number of benzene rings is 2. The molecule has 6 N–H and O–H groups in total. The third-order valence-electron chi connectivity index (χ3n) is 3.28. The maximum Gasteiger partial charge on any atom is 0.282 e. The van der Waals surface area contributed by atoms with Crippen LogP contribution in [-0.4, -0.2) is 36.6 Å². The molecular formula is C18H25N3O3. The summed E-state index contributed by atoms with van der Waals surface area (Å²) < 4.78 is 5.05. The summed E-state index contributed by atoms with van der Waals surface area (Å²) in [6.45, 7) is 0.569. The van der Waals surface area contributed by atoms with Crippen LogP contribution in [0.25, 0.3) is 0 Å². The summed E-state index contributed by atoms with van der Waals surface area (Å²) in [5.41, 5.74) is 13.1. The molecule has 0 fully saturated rings. The molecule has 2 atom stereocenters. The van der Waals surface area contributed by atoms with Crippen LogP contribution in [0.5, 0.6) is 0 Å². The van der Waals surface area contributed by atoms with Crippen LogP contribution < -0.4 is 11.5 Å². The lowest BCUT2D eigenvalue weighted by Crippen LogP contribution is -2.13. The maximum atomic E-state index is 8.66. The Morgan fingerprint density at radius 3 is 2.08 bits per heavy atom. The van der Waals surface area contributed by atoms with E-state index in [0.717, 1.165) is 18.2 Å². The number of hydrogen-bond donors (Lipinski definition) is 4. The van der Waals surface area contributed by atoms with Gasteiger partial charge in [0.2, 0.25) is 0 Å². The summed E-state index contributed by atoms with van der Waals surface area (Å²) in [7, 11) is 1.00. The van der Waals surface area contributed by atoms with Gasteiger partial charge in [-0.3, -0.25) is 0 Å². The highest BCUT2D eigenvalue weighted by atomic mass is 16.5. The quantitative estimate of drug-likeness (QED) is 0.678. The van der Waals surface area contributed by atoms with Crippen molar-refractivity contribution in [1.82, 2.24) is 0 Å². The molecular weight excluding hydrogens is 306 g/mol. The molecule has 0 saturated carbocycles. The normalized spacial score (nSPS) is 16.5. The molecule has 130 valence electrons. The smallest absolute Gasteiger partial charge is 0.282 e. The van der Waals surface area contributed by atoms with Crippen molar-refractivity contribution in [3.8, 4) is 0 Å². The summed E-state index contributed by atoms with van der Waals surface area (Å²) in [6.07, 6.45) is 0. The number of nitrogens with two attached hydrogens (primary N) is 2. The van der Waals surface area contributed by atoms with Crippen LogP contribution in [-0.2, 0) is 4.74 Å². The van der Waals surface area contributed by atoms with E-state index in [4.69, 9.17) is 26.4 Å². The molecule has 6 heteroatoms. The minimum absolute atomic E-state index is 0.00398. The summed E-state index contributed by atoms with van der Waals surface area (Å²) >= 11 is 0. The van der Waals surface area contributed by atoms with Crippen LogP contribution >= 0.6 is 0 Å². The van der Waals surface area contributed by atoms with Gasteiger partial charge in [0.25, 0.3) is 6.02 Å². The van der Waals surface area contributed by atoms with E-state index < -0.39 is 0 Å². The van der Waals surface area contributed by atoms with Crippen LogP contribution in [0, 0.1) is 0 Å². The second-order valence-corrected chi connectivity index (χ2v) is 4.90. The molecule has 1 aliphatic rings. The lowest BCUT2D eigenvalue weighted by Gasteiger charge is -2.06. The first kappa shape index (κ1) is 19.6. The fourth-order valence-corrected chi connectivity index (χ4v) is 2.04. The first-order valence-corrected chi connectivity index (χ1v) is 7.58. The Bertz CT molecular complexity index is 591. The number of aliphatic hydroxyl groups excluding tert-OH is 2. The van der Waals surface area contributed by atoms with Crippen molar-refractivity contribution in [2.24, 2.45) is 16.5 Å². The third-order valence-corrected chi connectivity index (χ3v) is 3.28. The average Bonchev–Trinajstić information content (AvgIpc) is 3.11. The molecule has 24 heavy (non-hydrogen) atoms. The number of aliphatic hydroxyl groups is 2. The largest absolute Gasteiger partial charge is 0.463 e. The van der Waals surface area contributed by atoms with E-state index in [9.17, 15) is 0 Å². The average molecular weight is 331 g/mol. The van der Waals surface area contributed by atoms with E-state index in [-0.39, 0.29) is 18.7 Å². The van der Waals surface area contributed by atoms with Gasteiger partial charge in [-0.1, -0.05) is 60.7 Å². The van der Waals surface area contributed by atoms with E-state index in [1.807, 2.05) is 60.7 Å². The second-order valence-electron chi connectivity index (χ2n) is 4.90. The molecule has 2 aromatic rings. The van der Waals surface area contributed by atoms with Gasteiger partial charge in [-0.15, -0.1) is 0 Å². The van der Waals surface area contributed by atoms with Gasteiger partial charge in [-0.05, 0) is 11.1 Å². The molecule has 0 aromatic heterocycles. The molecule has 0 spiro atoms. The highest BCUT2D eigenvalue weighted by molar-refractivity contribution is 5.73. The number of rotatable bonds is 3. The molecule has 0 unspecified atom stereocenters. The van der Waals surface area contributed by atoms with Gasteiger partial charge >= 0.3 is 0 Å². The molecule has 0 saturated heterocycles. The minimum Gasteiger partial charge on any atom is -0.463 e. The summed E-state index contributed by atoms with van der Waals surface area (Å²) in [5.74, 6) is 0. The minimum atomic E-state index is -0.235. The molecule has 0 bridgehead atoms. The fourth-order valence-electron chi connectivity index (χ4n) is 2.04. The van der Waals surface area contributed by atoms with Crippen molar-refractivity contribution in [2.45, 2.75) is 12.1 Å². The predicted octanol–water partition coefficient (Wildman–Crippen LogP) is 1.36. The Morgan fingerprint density at radius 2 is 1.62 bits per heavy atom. The second kappa shape index (κ2) is 11.2. The number of aliphatic imine (C=N–C) groups is 1. The third kappa shape index (κ3) is 6.37. The standard InChI is InChI=1S/C9H10N2O.C8H11NO.CH4O/c10-9-11-8(6-12-9)7-4-2-1-3-5-7;9-8(6-10)7-4-2-1-3-5-7;1-2/h1-5,8H,6H2,(H2,10,11);1-5,8,10H,6,9H2;2H,1H3/t2*8-;/m11./s1. The van der Waals surface area contributed by atoms with Gasteiger partial charge in [0.05, 0.1) is 12.6 Å². The Morgan fingerprint density at radius 1 is 1.08 bits per heavy atom. The Labute approximate surface area is 142 Å². The van der Waals surface area contributed by atoms with Gasteiger partial charge < -0.3 is 26.4 Å². The SMILES string of the molecule is CO.NC1=N[C@@H](c2ccccc2)CO1.N[C@H](CO)c1ccccc1. The van der Waals surface area contributed by atoms with Crippen LogP contribution in [0.4, 0.5) is 0 Å². The maximum absolute atomic E-state index is 8.66. The monoisotopic (exact) mass is 331 g/mol. The van der Waals surface area contributed by atoms with Gasteiger partial charge in [-0.25, -0.2) is 4.99 Å². The van der Waals surface area contributed by atoms with Crippen LogP contribution in [0.2, 0.25) is 0 Å². The molecule has 2 aromatic carbocycles. The van der Waals surface area contributed by atoms with E-state index in [1.165, 1.54) is 0 Å². The van der Waals surface area contributed by atoms with Crippen molar-refractivity contribution in [3.05, 3.63) is 71.8 Å². The molecule has 1 heterocycles. The Kier molecular flexibility index (Phi) is 9.14. The number of hydrogen-bond acceptors (Lipinski definition) is 6. The van der Waals surface area contributed by atoms with Gasteiger partial charge in [0.1, 0.15) is 12.6 Å². The van der Waals surface area contributed by atoms with Crippen LogP contribution in [0.15, 0.2) is 65.7 Å². The number of ether oxygens (including phenoxy) is 1. The van der Waals surface area contributed by atoms with E-state index in [1.54, 1.807) is 0 Å². The first-order valence-electron chi connectivity index (χ1n) is 7.58. The zero-order valence-electron chi connectivity index (χ0n) is 13.7.